The van der Waals surface area contributed by atoms with Crippen LogP contribution in [0.25, 0.3) is 6.08 Å². The number of nitrogens with zero attached hydrogens (tertiary/aromatic N) is 1. The molecule has 128 valence electrons. The van der Waals surface area contributed by atoms with E-state index in [1.165, 1.54) is 4.90 Å². The largest absolute Gasteiger partial charge is 0.269 e. The van der Waals surface area contributed by atoms with Crippen LogP contribution in [0.5, 0.6) is 0 Å². The van der Waals surface area contributed by atoms with Crippen molar-refractivity contribution < 1.29 is 9.59 Å². The molecule has 0 fully saturated rings. The Kier molecular flexibility index (Phi) is 4.36. The number of fused-ring (bicyclic) bond motifs is 1. The number of amides is 2. The van der Waals surface area contributed by atoms with Gasteiger partial charge in [0.2, 0.25) is 0 Å². The van der Waals surface area contributed by atoms with Gasteiger partial charge in [0.1, 0.15) is 0 Å². The lowest BCUT2D eigenvalue weighted by Gasteiger charge is -2.24. The molecule has 4 rings (SSSR count). The van der Waals surface area contributed by atoms with Gasteiger partial charge in [0.15, 0.2) is 0 Å². The monoisotopic (exact) mass is 341 g/mol. The Bertz CT molecular complexity index is 889. The molecule has 2 aromatic rings. The van der Waals surface area contributed by atoms with Gasteiger partial charge in [-0.05, 0) is 30.0 Å². The van der Waals surface area contributed by atoms with E-state index in [-0.39, 0.29) is 23.8 Å². The van der Waals surface area contributed by atoms with Gasteiger partial charge in [-0.25, -0.2) is 0 Å². The third-order valence-electron chi connectivity index (χ3n) is 4.81. The molecule has 3 nitrogen and oxygen atoms in total. The summed E-state index contributed by atoms with van der Waals surface area (Å²) in [6.07, 6.45) is 12.8. The summed E-state index contributed by atoms with van der Waals surface area (Å²) in [6, 6.07) is 16.9. The first kappa shape index (κ1) is 16.3. The molecular formula is C23H19NO2. The Labute approximate surface area is 153 Å². The lowest BCUT2D eigenvalue weighted by Crippen LogP contribution is -2.39. The van der Waals surface area contributed by atoms with Gasteiger partial charge in [0, 0.05) is 0 Å². The van der Waals surface area contributed by atoms with Crippen LogP contribution in [0.4, 0.5) is 0 Å². The van der Waals surface area contributed by atoms with Crippen LogP contribution in [-0.2, 0) is 0 Å². The number of hydrogen-bond donors (Lipinski definition) is 0. The zero-order valence-electron chi connectivity index (χ0n) is 14.3. The first-order valence-corrected chi connectivity index (χ1v) is 8.79. The predicted octanol–water partition coefficient (Wildman–Crippen LogP) is 4.50. The standard InChI is InChI=1S/C23H19NO2/c25-22-20-12-6-7-13-21(20)23(26)24(22)19-11-5-4-10-18(16-19)15-14-17-8-2-1-3-9-17/h1-15,18-19H,16H2/b15-14+/t18-,19-/m1/s1. The van der Waals surface area contributed by atoms with Crippen LogP contribution in [0.3, 0.4) is 0 Å². The second-order valence-corrected chi connectivity index (χ2v) is 6.53. The average Bonchev–Trinajstić information content (AvgIpc) is 2.82. The third-order valence-corrected chi connectivity index (χ3v) is 4.81. The fraction of sp³-hybridized carbons (Fsp3) is 0.130. The van der Waals surface area contributed by atoms with Crippen molar-refractivity contribution >= 4 is 17.9 Å². The Morgan fingerprint density at radius 3 is 2.12 bits per heavy atom. The highest BCUT2D eigenvalue weighted by Gasteiger charge is 2.39. The molecule has 2 aromatic carbocycles. The molecule has 0 N–H and O–H groups in total. The van der Waals surface area contributed by atoms with Crippen LogP contribution in [0, 0.1) is 5.92 Å². The highest BCUT2D eigenvalue weighted by Crippen LogP contribution is 2.29. The van der Waals surface area contributed by atoms with E-state index < -0.39 is 0 Å². The number of rotatable bonds is 3. The smallest absolute Gasteiger partial charge is 0.262 e. The van der Waals surface area contributed by atoms with Crippen molar-refractivity contribution in [2.45, 2.75) is 12.5 Å². The van der Waals surface area contributed by atoms with Crippen molar-refractivity contribution in [3.63, 3.8) is 0 Å². The number of carbonyl (C=O) groups excluding carboxylic acids is 2. The quantitative estimate of drug-likeness (QED) is 0.771. The fourth-order valence-corrected chi connectivity index (χ4v) is 3.48. The molecule has 2 aliphatic rings. The second-order valence-electron chi connectivity index (χ2n) is 6.53. The Balaban J connectivity index is 1.55. The minimum absolute atomic E-state index is 0.152. The molecule has 0 saturated carbocycles. The van der Waals surface area contributed by atoms with E-state index in [0.717, 1.165) is 5.56 Å². The summed E-state index contributed by atoms with van der Waals surface area (Å²) >= 11 is 0. The summed E-state index contributed by atoms with van der Waals surface area (Å²) in [5, 5.41) is 0. The highest BCUT2D eigenvalue weighted by atomic mass is 16.2. The van der Waals surface area contributed by atoms with Gasteiger partial charge in [-0.1, -0.05) is 78.9 Å². The van der Waals surface area contributed by atoms with Gasteiger partial charge in [-0.15, -0.1) is 0 Å². The van der Waals surface area contributed by atoms with E-state index in [1.807, 2.05) is 36.4 Å². The molecule has 0 saturated heterocycles. The summed E-state index contributed by atoms with van der Waals surface area (Å²) in [6.45, 7) is 0. The van der Waals surface area contributed by atoms with Gasteiger partial charge in [0.05, 0.1) is 17.2 Å². The summed E-state index contributed by atoms with van der Waals surface area (Å²) in [4.78, 5) is 26.9. The van der Waals surface area contributed by atoms with Gasteiger partial charge in [-0.2, -0.15) is 0 Å². The van der Waals surface area contributed by atoms with Crippen LogP contribution in [0.2, 0.25) is 0 Å². The lowest BCUT2D eigenvalue weighted by atomic mass is 9.98. The second kappa shape index (κ2) is 6.96. The number of allylic oxidation sites excluding steroid dienone is 4. The summed E-state index contributed by atoms with van der Waals surface area (Å²) in [5.41, 5.74) is 2.13. The molecule has 0 radical (unpaired) electrons. The molecule has 0 spiro atoms. The number of hydrogen-bond acceptors (Lipinski definition) is 2. The van der Waals surface area contributed by atoms with Gasteiger partial charge >= 0.3 is 0 Å². The number of imide groups is 1. The lowest BCUT2D eigenvalue weighted by molar-refractivity contribution is 0.0606. The normalized spacial score (nSPS) is 22.1. The molecule has 3 heteroatoms. The highest BCUT2D eigenvalue weighted by molar-refractivity contribution is 6.21. The molecule has 2 amide bonds. The van der Waals surface area contributed by atoms with Gasteiger partial charge in [-0.3, -0.25) is 14.5 Å². The zero-order valence-corrected chi connectivity index (χ0v) is 14.3. The first-order chi connectivity index (χ1) is 12.7. The molecule has 0 aromatic heterocycles. The zero-order chi connectivity index (χ0) is 17.9. The Hall–Kier alpha value is -3.20. The van der Waals surface area contributed by atoms with E-state index in [2.05, 4.69) is 30.4 Å². The molecule has 2 atom stereocenters. The van der Waals surface area contributed by atoms with Gasteiger partial charge < -0.3 is 0 Å². The van der Waals surface area contributed by atoms with Crippen molar-refractivity contribution in [2.75, 3.05) is 0 Å². The predicted molar refractivity (Wildman–Crippen MR) is 103 cm³/mol. The SMILES string of the molecule is O=C1c2ccccc2C(=O)N1[C@@H]1C=CC=C[C@H](/C=C/c2ccccc2)C1. The molecule has 1 aliphatic heterocycles. The molecular weight excluding hydrogens is 322 g/mol. The summed E-state index contributed by atoms with van der Waals surface area (Å²) in [7, 11) is 0. The maximum Gasteiger partial charge on any atom is 0.262 e. The topological polar surface area (TPSA) is 37.4 Å². The van der Waals surface area contributed by atoms with Crippen molar-refractivity contribution in [1.82, 2.24) is 4.90 Å². The van der Waals surface area contributed by atoms with Crippen molar-refractivity contribution in [2.24, 2.45) is 5.92 Å². The van der Waals surface area contributed by atoms with Crippen LogP contribution >= 0.6 is 0 Å². The van der Waals surface area contributed by atoms with E-state index in [0.29, 0.717) is 17.5 Å². The molecule has 1 heterocycles. The minimum atomic E-state index is -0.247. The maximum absolute atomic E-state index is 12.7. The Morgan fingerprint density at radius 1 is 0.808 bits per heavy atom. The van der Waals surface area contributed by atoms with E-state index >= 15 is 0 Å². The summed E-state index contributed by atoms with van der Waals surface area (Å²) < 4.78 is 0. The molecule has 0 unspecified atom stereocenters. The molecule has 26 heavy (non-hydrogen) atoms. The first-order valence-electron chi connectivity index (χ1n) is 8.79. The number of carbonyl (C=O) groups is 2. The van der Waals surface area contributed by atoms with E-state index in [4.69, 9.17) is 0 Å². The minimum Gasteiger partial charge on any atom is -0.269 e. The number of benzene rings is 2. The third kappa shape index (κ3) is 3.04. The van der Waals surface area contributed by atoms with Crippen LogP contribution in [0.15, 0.2) is 85.0 Å². The fourth-order valence-electron chi connectivity index (χ4n) is 3.48. The molecule has 0 bridgehead atoms. The van der Waals surface area contributed by atoms with Crippen molar-refractivity contribution in [1.29, 1.82) is 0 Å². The molecule has 1 aliphatic carbocycles. The van der Waals surface area contributed by atoms with E-state index in [1.54, 1.807) is 24.3 Å². The summed E-state index contributed by atoms with van der Waals surface area (Å²) in [5.74, 6) is -0.250. The van der Waals surface area contributed by atoms with Crippen LogP contribution < -0.4 is 0 Å². The Morgan fingerprint density at radius 2 is 1.42 bits per heavy atom. The van der Waals surface area contributed by atoms with Crippen LogP contribution in [-0.4, -0.2) is 22.8 Å². The van der Waals surface area contributed by atoms with Gasteiger partial charge in [0.25, 0.3) is 11.8 Å². The maximum atomic E-state index is 12.7. The van der Waals surface area contributed by atoms with Crippen LogP contribution in [0.1, 0.15) is 32.7 Å². The van der Waals surface area contributed by atoms with Crippen molar-refractivity contribution in [3.8, 4) is 0 Å². The average molecular weight is 341 g/mol. The van der Waals surface area contributed by atoms with Crippen molar-refractivity contribution in [3.05, 3.63) is 102 Å². The van der Waals surface area contributed by atoms with E-state index in [9.17, 15) is 9.59 Å².